The van der Waals surface area contributed by atoms with Gasteiger partial charge in [0, 0.05) is 28.5 Å². The molecule has 0 unspecified atom stereocenters. The summed E-state index contributed by atoms with van der Waals surface area (Å²) in [5.41, 5.74) is 1.47. The molecule has 2 fully saturated rings. The zero-order valence-electron chi connectivity index (χ0n) is 13.5. The van der Waals surface area contributed by atoms with E-state index in [0.29, 0.717) is 12.1 Å². The molecule has 3 nitrogen and oxygen atoms in total. The summed E-state index contributed by atoms with van der Waals surface area (Å²) in [6.45, 7) is 2.09. The van der Waals surface area contributed by atoms with Gasteiger partial charge in [-0.25, -0.2) is 0 Å². The van der Waals surface area contributed by atoms with Gasteiger partial charge in [0.05, 0.1) is 17.2 Å². The van der Waals surface area contributed by atoms with E-state index in [1.54, 1.807) is 0 Å². The van der Waals surface area contributed by atoms with Crippen molar-refractivity contribution >= 4 is 16.5 Å². The first-order chi connectivity index (χ1) is 11.1. The third-order valence-corrected chi connectivity index (χ3v) is 5.81. The van der Waals surface area contributed by atoms with Crippen molar-refractivity contribution in [1.29, 1.82) is 5.26 Å². The van der Waals surface area contributed by atoms with E-state index in [1.165, 1.54) is 5.69 Å². The minimum Gasteiger partial charge on any atom is -0.390 e. The highest BCUT2D eigenvalue weighted by molar-refractivity contribution is 5.98. The Kier molecular flexibility index (Phi) is 3.32. The number of anilines is 1. The van der Waals surface area contributed by atoms with Crippen LogP contribution in [0.3, 0.4) is 0 Å². The van der Waals surface area contributed by atoms with E-state index in [9.17, 15) is 10.4 Å². The number of nitriles is 1. The van der Waals surface area contributed by atoms with Crippen LogP contribution in [0.15, 0.2) is 36.4 Å². The van der Waals surface area contributed by atoms with E-state index in [1.807, 2.05) is 24.3 Å². The molecule has 2 aliphatic heterocycles. The van der Waals surface area contributed by atoms with Crippen LogP contribution in [0.4, 0.5) is 5.69 Å². The maximum Gasteiger partial charge on any atom is 0.0998 e. The number of rotatable bonds is 2. The molecule has 0 saturated carbocycles. The van der Waals surface area contributed by atoms with E-state index >= 15 is 0 Å². The van der Waals surface area contributed by atoms with Gasteiger partial charge in [0.25, 0.3) is 0 Å². The molecule has 0 aliphatic carbocycles. The molecule has 1 N–H and O–H groups in total. The Hall–Kier alpha value is -2.05. The summed E-state index contributed by atoms with van der Waals surface area (Å²) in [5, 5.41) is 22.3. The molecule has 3 heteroatoms. The van der Waals surface area contributed by atoms with Gasteiger partial charge in [-0.3, -0.25) is 0 Å². The van der Waals surface area contributed by atoms with Crippen LogP contribution >= 0.6 is 0 Å². The molecule has 0 radical (unpaired) electrons. The van der Waals surface area contributed by atoms with Crippen LogP contribution < -0.4 is 4.90 Å². The van der Waals surface area contributed by atoms with Crippen LogP contribution in [0, 0.1) is 11.3 Å². The number of piperidine rings is 1. The summed E-state index contributed by atoms with van der Waals surface area (Å²) in [4.78, 5) is 2.52. The van der Waals surface area contributed by atoms with E-state index in [0.717, 1.165) is 48.4 Å². The minimum absolute atomic E-state index is 0.412. The average Bonchev–Trinajstić information content (AvgIpc) is 2.86. The first kappa shape index (κ1) is 14.5. The number of hydrogen-bond acceptors (Lipinski definition) is 3. The Balaban J connectivity index is 1.81. The molecule has 0 aromatic heterocycles. The molecule has 118 valence electrons. The molecule has 4 rings (SSSR count). The van der Waals surface area contributed by atoms with Crippen LogP contribution in [-0.2, 0) is 0 Å². The molecule has 2 saturated heterocycles. The fraction of sp³-hybridized carbons (Fsp3) is 0.450. The zero-order chi connectivity index (χ0) is 16.0. The summed E-state index contributed by atoms with van der Waals surface area (Å²) in [5.74, 6) is 0. The van der Waals surface area contributed by atoms with Gasteiger partial charge in [-0.05, 0) is 44.2 Å². The standard InChI is InChI=1S/C20H22N2O/c1-2-20(23)11-15-8-9-16(12-20)22(15)19-10-7-14(13-21)17-5-3-4-6-18(17)19/h3-7,10,15-16,23H,2,8-9,11-12H2,1H3/t15-,16-/m1/s1. The fourth-order valence-corrected chi connectivity index (χ4v) is 4.61. The molecular formula is C20H22N2O. The predicted octanol–water partition coefficient (Wildman–Crippen LogP) is 3.98. The van der Waals surface area contributed by atoms with Gasteiger partial charge in [-0.2, -0.15) is 5.26 Å². The van der Waals surface area contributed by atoms with Gasteiger partial charge >= 0.3 is 0 Å². The largest absolute Gasteiger partial charge is 0.390 e. The minimum atomic E-state index is -0.495. The summed E-state index contributed by atoms with van der Waals surface area (Å²) in [7, 11) is 0. The Morgan fingerprint density at radius 3 is 2.39 bits per heavy atom. The van der Waals surface area contributed by atoms with Crippen molar-refractivity contribution in [2.45, 2.75) is 56.7 Å². The van der Waals surface area contributed by atoms with Gasteiger partial charge in [0.1, 0.15) is 0 Å². The van der Waals surface area contributed by atoms with Crippen LogP contribution in [0.2, 0.25) is 0 Å². The van der Waals surface area contributed by atoms with Crippen molar-refractivity contribution < 1.29 is 5.11 Å². The molecule has 0 amide bonds. The fourth-order valence-electron chi connectivity index (χ4n) is 4.61. The SMILES string of the molecule is CCC1(O)C[C@H]2CC[C@H](C1)N2c1ccc(C#N)c2ccccc12. The lowest BCUT2D eigenvalue weighted by Gasteiger charge is -2.45. The van der Waals surface area contributed by atoms with Crippen LogP contribution in [0.25, 0.3) is 10.8 Å². The molecular weight excluding hydrogens is 284 g/mol. The smallest absolute Gasteiger partial charge is 0.0998 e. The topological polar surface area (TPSA) is 47.3 Å². The van der Waals surface area contributed by atoms with Crippen LogP contribution in [0.1, 0.15) is 44.6 Å². The first-order valence-corrected chi connectivity index (χ1v) is 8.58. The maximum atomic E-state index is 10.8. The molecule has 2 aromatic carbocycles. The number of aliphatic hydroxyl groups is 1. The van der Waals surface area contributed by atoms with E-state index < -0.39 is 5.60 Å². The highest BCUT2D eigenvalue weighted by atomic mass is 16.3. The number of hydrogen-bond donors (Lipinski definition) is 1. The molecule has 2 aromatic rings. The Morgan fingerprint density at radius 2 is 1.78 bits per heavy atom. The molecule has 2 atom stereocenters. The number of benzene rings is 2. The van der Waals surface area contributed by atoms with E-state index in [4.69, 9.17) is 0 Å². The number of fused-ring (bicyclic) bond motifs is 3. The van der Waals surface area contributed by atoms with Gasteiger partial charge < -0.3 is 10.0 Å². The van der Waals surface area contributed by atoms with Crippen molar-refractivity contribution in [2.24, 2.45) is 0 Å². The van der Waals surface area contributed by atoms with Crippen molar-refractivity contribution in [2.75, 3.05) is 4.90 Å². The number of nitrogens with zero attached hydrogens (tertiary/aromatic N) is 2. The summed E-state index contributed by atoms with van der Waals surface area (Å²) < 4.78 is 0. The molecule has 2 heterocycles. The summed E-state index contributed by atoms with van der Waals surface area (Å²) >= 11 is 0. The van der Waals surface area contributed by atoms with Crippen molar-refractivity contribution in [1.82, 2.24) is 0 Å². The molecule has 23 heavy (non-hydrogen) atoms. The lowest BCUT2D eigenvalue weighted by Crippen LogP contribution is -2.51. The van der Waals surface area contributed by atoms with Gasteiger partial charge in [0.15, 0.2) is 0 Å². The third kappa shape index (κ3) is 2.21. The molecule has 2 bridgehead atoms. The zero-order valence-corrected chi connectivity index (χ0v) is 13.5. The average molecular weight is 306 g/mol. The molecule has 2 aliphatic rings. The normalized spacial score (nSPS) is 29.7. The lowest BCUT2D eigenvalue weighted by molar-refractivity contribution is -0.00157. The van der Waals surface area contributed by atoms with Gasteiger partial charge in [-0.15, -0.1) is 0 Å². The summed E-state index contributed by atoms with van der Waals surface area (Å²) in [6.07, 6.45) is 4.85. The highest BCUT2D eigenvalue weighted by Gasteiger charge is 2.46. The summed E-state index contributed by atoms with van der Waals surface area (Å²) in [6, 6.07) is 15.4. The second-order valence-electron chi connectivity index (χ2n) is 7.07. The quantitative estimate of drug-likeness (QED) is 0.912. The third-order valence-electron chi connectivity index (χ3n) is 5.81. The van der Waals surface area contributed by atoms with Crippen molar-refractivity contribution in [3.63, 3.8) is 0 Å². The first-order valence-electron chi connectivity index (χ1n) is 8.58. The van der Waals surface area contributed by atoms with E-state index in [-0.39, 0.29) is 0 Å². The van der Waals surface area contributed by atoms with Crippen molar-refractivity contribution in [3.05, 3.63) is 42.0 Å². The van der Waals surface area contributed by atoms with Gasteiger partial charge in [0.2, 0.25) is 0 Å². The van der Waals surface area contributed by atoms with Crippen LogP contribution in [0.5, 0.6) is 0 Å². The Morgan fingerprint density at radius 1 is 1.13 bits per heavy atom. The Bertz CT molecular complexity index is 778. The van der Waals surface area contributed by atoms with Crippen LogP contribution in [-0.4, -0.2) is 22.8 Å². The monoisotopic (exact) mass is 306 g/mol. The second kappa shape index (κ2) is 5.25. The van der Waals surface area contributed by atoms with E-state index in [2.05, 4.69) is 30.0 Å². The Labute approximate surface area is 137 Å². The maximum absolute atomic E-state index is 10.8. The highest BCUT2D eigenvalue weighted by Crippen LogP contribution is 2.46. The van der Waals surface area contributed by atoms with Gasteiger partial charge in [-0.1, -0.05) is 31.2 Å². The van der Waals surface area contributed by atoms with Crippen molar-refractivity contribution in [3.8, 4) is 6.07 Å². The second-order valence-corrected chi connectivity index (χ2v) is 7.07. The predicted molar refractivity (Wildman–Crippen MR) is 92.4 cm³/mol. The molecule has 0 spiro atoms. The lowest BCUT2D eigenvalue weighted by atomic mass is 9.83.